The van der Waals surface area contributed by atoms with Crippen molar-refractivity contribution in [2.75, 3.05) is 12.4 Å². The first-order chi connectivity index (χ1) is 14.7. The fourth-order valence-corrected chi connectivity index (χ4v) is 2.62. The maximum absolute atomic E-state index is 12.7. The fourth-order valence-electron chi connectivity index (χ4n) is 2.62. The summed E-state index contributed by atoms with van der Waals surface area (Å²) in [7, 11) is 3.17. The quantitative estimate of drug-likeness (QED) is 0.365. The van der Waals surface area contributed by atoms with Crippen molar-refractivity contribution in [2.45, 2.75) is 26.1 Å². The van der Waals surface area contributed by atoms with Gasteiger partial charge in [0.15, 0.2) is 5.82 Å². The van der Waals surface area contributed by atoms with Crippen LogP contribution in [0.3, 0.4) is 0 Å². The highest BCUT2D eigenvalue weighted by atomic mass is 16.5. The molecule has 0 spiro atoms. The molecular formula is C20H25N7O4. The van der Waals surface area contributed by atoms with E-state index in [-0.39, 0.29) is 17.9 Å². The summed E-state index contributed by atoms with van der Waals surface area (Å²) >= 11 is 0. The summed E-state index contributed by atoms with van der Waals surface area (Å²) < 4.78 is 13.1. The van der Waals surface area contributed by atoms with Crippen LogP contribution in [0.2, 0.25) is 0 Å². The molecule has 0 aliphatic heterocycles. The number of hydrogen-bond donors (Lipinski definition) is 3. The van der Waals surface area contributed by atoms with Crippen molar-refractivity contribution in [1.82, 2.24) is 24.8 Å². The van der Waals surface area contributed by atoms with Crippen molar-refractivity contribution in [3.8, 4) is 17.4 Å². The number of aromatic nitrogens is 4. The Labute approximate surface area is 179 Å². The lowest BCUT2D eigenvalue weighted by Gasteiger charge is -2.17. The molecule has 164 valence electrons. The van der Waals surface area contributed by atoms with Gasteiger partial charge in [0.1, 0.15) is 17.7 Å². The van der Waals surface area contributed by atoms with Gasteiger partial charge in [-0.2, -0.15) is 10.2 Å². The van der Waals surface area contributed by atoms with Crippen LogP contribution >= 0.6 is 0 Å². The average molecular weight is 427 g/mol. The van der Waals surface area contributed by atoms with Gasteiger partial charge < -0.3 is 25.7 Å². The van der Waals surface area contributed by atoms with Crippen LogP contribution in [-0.2, 0) is 7.05 Å². The predicted molar refractivity (Wildman–Crippen MR) is 112 cm³/mol. The highest BCUT2D eigenvalue weighted by Gasteiger charge is 2.15. The van der Waals surface area contributed by atoms with Gasteiger partial charge >= 0.3 is 0 Å². The van der Waals surface area contributed by atoms with Gasteiger partial charge in [0, 0.05) is 38.0 Å². The van der Waals surface area contributed by atoms with E-state index in [0.29, 0.717) is 28.6 Å². The molecular weight excluding hydrogens is 402 g/mol. The molecule has 0 bridgehead atoms. The molecule has 0 fully saturated rings. The average Bonchev–Trinajstić information content (AvgIpc) is 3.11. The van der Waals surface area contributed by atoms with Crippen LogP contribution < -0.4 is 20.5 Å². The van der Waals surface area contributed by atoms with Gasteiger partial charge in [-0.3, -0.25) is 14.5 Å². The first-order valence-electron chi connectivity index (χ1n) is 9.51. The van der Waals surface area contributed by atoms with E-state index in [4.69, 9.17) is 15.2 Å². The maximum Gasteiger partial charge on any atom is 0.257 e. The molecule has 1 atom stereocenters. The number of nitrogens with one attached hydrogen (secondary N) is 1. The maximum atomic E-state index is 12.7. The van der Waals surface area contributed by atoms with E-state index in [1.807, 2.05) is 13.8 Å². The Morgan fingerprint density at radius 2 is 1.97 bits per heavy atom. The Kier molecular flexibility index (Phi) is 6.80. The zero-order valence-corrected chi connectivity index (χ0v) is 17.7. The van der Waals surface area contributed by atoms with E-state index >= 15 is 0 Å². The minimum Gasteiger partial charge on any atom is -0.491 e. The van der Waals surface area contributed by atoms with E-state index in [1.54, 1.807) is 42.2 Å². The lowest BCUT2D eigenvalue weighted by molar-refractivity contribution is -0.103. The topological polar surface area (TPSA) is 141 Å². The van der Waals surface area contributed by atoms with Crippen LogP contribution in [0.5, 0.6) is 17.4 Å². The number of carbonyl (C=O) groups is 1. The fraction of sp³-hybridized carbons (Fsp3) is 0.300. The standard InChI is InChI=1S/C20H25N7O4/c1-12(2)30-14-7-13(20(28)24-17-5-6-26(3)25-17)8-15(9-14)31-18-11-22-16(10-23-18)19(21)27(4)29/h5-12,19,29H,21H2,1-4H3,(H,24,25,28). The number of nitrogens with zero attached hydrogens (tertiary/aromatic N) is 5. The number of anilines is 1. The van der Waals surface area contributed by atoms with Gasteiger partial charge in [0.2, 0.25) is 5.88 Å². The summed E-state index contributed by atoms with van der Waals surface area (Å²) in [6, 6.07) is 6.53. The Morgan fingerprint density at radius 3 is 2.55 bits per heavy atom. The van der Waals surface area contributed by atoms with Crippen LogP contribution in [0.25, 0.3) is 0 Å². The van der Waals surface area contributed by atoms with Crippen molar-refractivity contribution < 1.29 is 19.5 Å². The molecule has 1 unspecified atom stereocenters. The van der Waals surface area contributed by atoms with E-state index in [2.05, 4.69) is 20.4 Å². The number of aryl methyl sites for hydroxylation is 1. The zero-order chi connectivity index (χ0) is 22.5. The summed E-state index contributed by atoms with van der Waals surface area (Å²) in [4.78, 5) is 21.0. The third kappa shape index (κ3) is 5.98. The molecule has 3 rings (SSSR count). The van der Waals surface area contributed by atoms with Crippen LogP contribution in [-0.4, -0.2) is 49.1 Å². The zero-order valence-electron chi connectivity index (χ0n) is 17.7. The molecule has 1 amide bonds. The summed E-state index contributed by atoms with van der Waals surface area (Å²) in [5, 5.41) is 17.1. The Balaban J connectivity index is 1.83. The van der Waals surface area contributed by atoms with Crippen LogP contribution in [0, 0.1) is 0 Å². The monoisotopic (exact) mass is 427 g/mol. The van der Waals surface area contributed by atoms with Crippen molar-refractivity contribution in [2.24, 2.45) is 12.8 Å². The molecule has 4 N–H and O–H groups in total. The first-order valence-corrected chi connectivity index (χ1v) is 9.51. The summed E-state index contributed by atoms with van der Waals surface area (Å²) in [6.45, 7) is 3.76. The SMILES string of the molecule is CC(C)Oc1cc(Oc2cnc(C(N)N(C)O)cn2)cc(C(=O)Nc2ccn(C)n2)c1. The molecule has 2 heterocycles. The van der Waals surface area contributed by atoms with E-state index in [1.165, 1.54) is 19.4 Å². The molecule has 0 saturated heterocycles. The van der Waals surface area contributed by atoms with Gasteiger partial charge in [-0.25, -0.2) is 4.98 Å². The van der Waals surface area contributed by atoms with Gasteiger partial charge in [0.05, 0.1) is 24.2 Å². The highest BCUT2D eigenvalue weighted by Crippen LogP contribution is 2.28. The molecule has 11 heteroatoms. The van der Waals surface area contributed by atoms with Crippen LogP contribution in [0.4, 0.5) is 5.82 Å². The van der Waals surface area contributed by atoms with E-state index in [0.717, 1.165) is 5.06 Å². The van der Waals surface area contributed by atoms with Crippen molar-refractivity contribution in [1.29, 1.82) is 0 Å². The molecule has 0 radical (unpaired) electrons. The van der Waals surface area contributed by atoms with Gasteiger partial charge in [-0.1, -0.05) is 0 Å². The van der Waals surface area contributed by atoms with Gasteiger partial charge in [-0.15, -0.1) is 0 Å². The Hall–Kier alpha value is -3.54. The summed E-state index contributed by atoms with van der Waals surface area (Å²) in [5.41, 5.74) is 6.48. The van der Waals surface area contributed by atoms with Crippen molar-refractivity contribution in [3.05, 3.63) is 54.1 Å². The number of carbonyl (C=O) groups excluding carboxylic acids is 1. The number of amides is 1. The normalized spacial score (nSPS) is 12.1. The highest BCUT2D eigenvalue weighted by molar-refractivity contribution is 6.04. The molecule has 2 aromatic heterocycles. The number of benzene rings is 1. The number of hydroxylamine groups is 2. The largest absolute Gasteiger partial charge is 0.491 e. The minimum atomic E-state index is -0.814. The lowest BCUT2D eigenvalue weighted by atomic mass is 10.2. The van der Waals surface area contributed by atoms with Crippen molar-refractivity contribution >= 4 is 11.7 Å². The van der Waals surface area contributed by atoms with Gasteiger partial charge in [0.25, 0.3) is 5.91 Å². The second-order valence-electron chi connectivity index (χ2n) is 7.09. The number of rotatable bonds is 8. The summed E-state index contributed by atoms with van der Waals surface area (Å²) in [5.74, 6) is 1.06. The number of ether oxygens (including phenoxy) is 2. The van der Waals surface area contributed by atoms with E-state index < -0.39 is 6.17 Å². The van der Waals surface area contributed by atoms with E-state index in [9.17, 15) is 10.0 Å². The third-order valence-corrected chi connectivity index (χ3v) is 4.05. The molecule has 1 aromatic carbocycles. The molecule has 11 nitrogen and oxygen atoms in total. The van der Waals surface area contributed by atoms with Crippen LogP contribution in [0.15, 0.2) is 42.9 Å². The molecule has 0 aliphatic carbocycles. The van der Waals surface area contributed by atoms with Crippen molar-refractivity contribution in [3.63, 3.8) is 0 Å². The lowest BCUT2D eigenvalue weighted by Crippen LogP contribution is -2.28. The first kappa shape index (κ1) is 22.2. The Bertz CT molecular complexity index is 1030. The third-order valence-electron chi connectivity index (χ3n) is 4.05. The van der Waals surface area contributed by atoms with Crippen LogP contribution in [0.1, 0.15) is 36.1 Å². The molecule has 0 saturated carbocycles. The summed E-state index contributed by atoms with van der Waals surface area (Å²) in [6.07, 6.45) is 3.59. The second kappa shape index (κ2) is 9.51. The predicted octanol–water partition coefficient (Wildman–Crippen LogP) is 2.32. The number of nitrogens with two attached hydrogens (primary N) is 1. The minimum absolute atomic E-state index is 0.0991. The Morgan fingerprint density at radius 1 is 1.23 bits per heavy atom. The molecule has 0 aliphatic rings. The smallest absolute Gasteiger partial charge is 0.257 e. The number of hydrogen-bond acceptors (Lipinski definition) is 9. The molecule has 31 heavy (non-hydrogen) atoms. The molecule has 3 aromatic rings. The van der Waals surface area contributed by atoms with Gasteiger partial charge in [-0.05, 0) is 26.0 Å². The second-order valence-corrected chi connectivity index (χ2v) is 7.09.